The molecule has 1 amide bonds. The molecule has 2 N–H and O–H groups in total. The van der Waals surface area contributed by atoms with Gasteiger partial charge in [-0.05, 0) is 60.8 Å². The maximum atomic E-state index is 12.7. The highest BCUT2D eigenvalue weighted by Gasteiger charge is 2.34. The maximum Gasteiger partial charge on any atom is 0.325 e. The second kappa shape index (κ2) is 8.23. The molecule has 0 fully saturated rings. The van der Waals surface area contributed by atoms with E-state index in [1.165, 1.54) is 7.11 Å². The maximum absolute atomic E-state index is 12.7. The van der Waals surface area contributed by atoms with E-state index >= 15 is 0 Å². The van der Waals surface area contributed by atoms with Gasteiger partial charge in [0, 0.05) is 11.0 Å². The summed E-state index contributed by atoms with van der Waals surface area (Å²) >= 11 is 9.57. The normalized spacial score (nSPS) is 16.4. The Hall–Kier alpha value is -1.90. The SMILES string of the molecule is COC(=O)C(C)(C)N[C@@H]1CCCn2nc(C(=O)Nc3cccc(Br)c3Cl)cc21. The summed E-state index contributed by atoms with van der Waals surface area (Å²) in [6.07, 6.45) is 1.73. The number of rotatable bonds is 5. The fraction of sp³-hybridized carbons (Fsp3) is 0.421. The largest absolute Gasteiger partial charge is 0.468 e. The van der Waals surface area contributed by atoms with E-state index in [4.69, 9.17) is 16.3 Å². The van der Waals surface area contributed by atoms with Gasteiger partial charge < -0.3 is 10.1 Å². The zero-order valence-corrected chi connectivity index (χ0v) is 18.2. The van der Waals surface area contributed by atoms with Crippen molar-refractivity contribution in [2.75, 3.05) is 12.4 Å². The third-order valence-corrected chi connectivity index (χ3v) is 5.99. The van der Waals surface area contributed by atoms with Crippen molar-refractivity contribution < 1.29 is 14.3 Å². The van der Waals surface area contributed by atoms with Crippen molar-refractivity contribution in [2.45, 2.75) is 44.8 Å². The molecule has 28 heavy (non-hydrogen) atoms. The molecule has 1 aliphatic rings. The predicted molar refractivity (Wildman–Crippen MR) is 111 cm³/mol. The number of hydrogen-bond donors (Lipinski definition) is 2. The van der Waals surface area contributed by atoms with E-state index in [0.29, 0.717) is 20.9 Å². The Morgan fingerprint density at radius 2 is 2.14 bits per heavy atom. The Morgan fingerprint density at radius 3 is 2.86 bits per heavy atom. The molecule has 1 aliphatic heterocycles. The molecular formula is C19H22BrClN4O3. The average molecular weight is 470 g/mol. The first kappa shape index (κ1) is 20.8. The third kappa shape index (κ3) is 4.24. The number of nitrogens with one attached hydrogen (secondary N) is 2. The number of carbonyl (C=O) groups excluding carboxylic acids is 2. The van der Waals surface area contributed by atoms with Crippen LogP contribution < -0.4 is 10.6 Å². The van der Waals surface area contributed by atoms with Crippen molar-refractivity contribution in [3.8, 4) is 0 Å². The Morgan fingerprint density at radius 1 is 1.39 bits per heavy atom. The number of amides is 1. The minimum absolute atomic E-state index is 0.105. The van der Waals surface area contributed by atoms with E-state index < -0.39 is 5.54 Å². The molecule has 0 unspecified atom stereocenters. The van der Waals surface area contributed by atoms with E-state index in [1.807, 2.05) is 4.68 Å². The molecule has 9 heteroatoms. The van der Waals surface area contributed by atoms with Gasteiger partial charge in [-0.15, -0.1) is 0 Å². The minimum atomic E-state index is -0.849. The van der Waals surface area contributed by atoms with E-state index in [1.54, 1.807) is 38.1 Å². The summed E-state index contributed by atoms with van der Waals surface area (Å²) in [6.45, 7) is 4.27. The van der Waals surface area contributed by atoms with Crippen molar-refractivity contribution in [3.63, 3.8) is 0 Å². The van der Waals surface area contributed by atoms with Crippen molar-refractivity contribution in [2.24, 2.45) is 0 Å². The predicted octanol–water partition coefficient (Wildman–Crippen LogP) is 3.93. The third-order valence-electron chi connectivity index (χ3n) is 4.69. The van der Waals surface area contributed by atoms with Crippen LogP contribution in [0.1, 0.15) is 48.9 Å². The molecule has 1 atom stereocenters. The summed E-state index contributed by atoms with van der Waals surface area (Å²) < 4.78 is 7.38. The summed E-state index contributed by atoms with van der Waals surface area (Å²) in [7, 11) is 1.37. The molecule has 0 bridgehead atoms. The molecule has 0 radical (unpaired) electrons. The van der Waals surface area contributed by atoms with Crippen molar-refractivity contribution >= 4 is 45.1 Å². The number of fused-ring (bicyclic) bond motifs is 1. The molecule has 0 spiro atoms. The van der Waals surface area contributed by atoms with Gasteiger partial charge in [-0.3, -0.25) is 19.6 Å². The lowest BCUT2D eigenvalue weighted by molar-refractivity contribution is -0.147. The van der Waals surface area contributed by atoms with Crippen LogP contribution >= 0.6 is 27.5 Å². The number of aromatic nitrogens is 2. The second-order valence-electron chi connectivity index (χ2n) is 7.19. The minimum Gasteiger partial charge on any atom is -0.468 e. The summed E-state index contributed by atoms with van der Waals surface area (Å²) in [5, 5.41) is 11.0. The number of benzene rings is 1. The standard InChI is InChI=1S/C19H22BrClN4O3/c1-19(2,18(27)28-3)23-12-8-5-9-25-15(12)10-14(24-25)17(26)22-13-7-4-6-11(20)16(13)21/h4,6-7,10,12,23H,5,8-9H2,1-3H3,(H,22,26)/t12-/m1/s1. The van der Waals surface area contributed by atoms with Gasteiger partial charge in [-0.1, -0.05) is 17.7 Å². The van der Waals surface area contributed by atoms with Crippen LogP contribution in [0.3, 0.4) is 0 Å². The quantitative estimate of drug-likeness (QED) is 0.648. The van der Waals surface area contributed by atoms with Gasteiger partial charge in [0.2, 0.25) is 0 Å². The molecule has 2 aromatic rings. The number of carbonyl (C=O) groups is 2. The van der Waals surface area contributed by atoms with E-state index in [-0.39, 0.29) is 17.9 Å². The zero-order valence-electron chi connectivity index (χ0n) is 15.9. The highest BCUT2D eigenvalue weighted by atomic mass is 79.9. The zero-order chi connectivity index (χ0) is 20.5. The van der Waals surface area contributed by atoms with Gasteiger partial charge in [0.1, 0.15) is 5.54 Å². The first-order valence-corrected chi connectivity index (χ1v) is 10.1. The molecule has 0 saturated carbocycles. The highest BCUT2D eigenvalue weighted by Crippen LogP contribution is 2.31. The van der Waals surface area contributed by atoms with Crippen LogP contribution in [0, 0.1) is 0 Å². The summed E-state index contributed by atoms with van der Waals surface area (Å²) in [5.74, 6) is -0.681. The van der Waals surface area contributed by atoms with Crippen LogP contribution in [-0.4, -0.2) is 34.3 Å². The first-order valence-electron chi connectivity index (χ1n) is 8.92. The fourth-order valence-electron chi connectivity index (χ4n) is 3.28. The number of halogens is 2. The van der Waals surface area contributed by atoms with Crippen LogP contribution in [0.25, 0.3) is 0 Å². The van der Waals surface area contributed by atoms with Gasteiger partial charge in [-0.2, -0.15) is 5.10 Å². The Balaban J connectivity index is 1.81. The van der Waals surface area contributed by atoms with E-state index in [0.717, 1.165) is 25.1 Å². The molecular weight excluding hydrogens is 448 g/mol. The molecule has 7 nitrogen and oxygen atoms in total. The molecule has 150 valence electrons. The van der Waals surface area contributed by atoms with Crippen molar-refractivity contribution in [1.29, 1.82) is 0 Å². The van der Waals surface area contributed by atoms with Gasteiger partial charge in [-0.25, -0.2) is 0 Å². The Bertz CT molecular complexity index is 913. The smallest absolute Gasteiger partial charge is 0.325 e. The van der Waals surface area contributed by atoms with Crippen molar-refractivity contribution in [1.82, 2.24) is 15.1 Å². The van der Waals surface area contributed by atoms with Crippen LogP contribution in [0.4, 0.5) is 5.69 Å². The van der Waals surface area contributed by atoms with E-state index in [9.17, 15) is 9.59 Å². The second-order valence-corrected chi connectivity index (χ2v) is 8.42. The topological polar surface area (TPSA) is 85.2 Å². The molecule has 0 aliphatic carbocycles. The van der Waals surface area contributed by atoms with Gasteiger partial charge in [0.25, 0.3) is 5.91 Å². The lowest BCUT2D eigenvalue weighted by Crippen LogP contribution is -2.50. The lowest BCUT2D eigenvalue weighted by Gasteiger charge is -2.32. The van der Waals surface area contributed by atoms with Gasteiger partial charge in [0.15, 0.2) is 5.69 Å². The molecule has 3 rings (SSSR count). The number of hydrogen-bond acceptors (Lipinski definition) is 5. The highest BCUT2D eigenvalue weighted by molar-refractivity contribution is 9.10. The number of nitrogens with zero attached hydrogens (tertiary/aromatic N) is 2. The molecule has 1 aromatic heterocycles. The van der Waals surface area contributed by atoms with Gasteiger partial charge >= 0.3 is 5.97 Å². The first-order chi connectivity index (χ1) is 13.2. The molecule has 2 heterocycles. The monoisotopic (exact) mass is 468 g/mol. The molecule has 0 saturated heterocycles. The summed E-state index contributed by atoms with van der Waals surface area (Å²) in [4.78, 5) is 24.7. The van der Waals surface area contributed by atoms with Crippen molar-refractivity contribution in [3.05, 3.63) is 45.1 Å². The number of aryl methyl sites for hydroxylation is 1. The summed E-state index contributed by atoms with van der Waals surface area (Å²) in [5.41, 5.74) is 0.829. The number of esters is 1. The average Bonchev–Trinajstić information content (AvgIpc) is 3.10. The van der Waals surface area contributed by atoms with Crippen LogP contribution in [0.15, 0.2) is 28.7 Å². The van der Waals surface area contributed by atoms with Crippen LogP contribution in [0.2, 0.25) is 5.02 Å². The Labute approximate surface area is 176 Å². The van der Waals surface area contributed by atoms with Crippen LogP contribution in [-0.2, 0) is 16.1 Å². The Kier molecular flexibility index (Phi) is 6.12. The number of anilines is 1. The number of methoxy groups -OCH3 is 1. The number of ether oxygens (including phenoxy) is 1. The van der Waals surface area contributed by atoms with Crippen LogP contribution in [0.5, 0.6) is 0 Å². The van der Waals surface area contributed by atoms with E-state index in [2.05, 4.69) is 31.7 Å². The lowest BCUT2D eigenvalue weighted by atomic mass is 9.98. The fourth-order valence-corrected chi connectivity index (χ4v) is 3.82. The summed E-state index contributed by atoms with van der Waals surface area (Å²) in [6, 6.07) is 6.97. The van der Waals surface area contributed by atoms with Gasteiger partial charge in [0.05, 0.1) is 29.6 Å². The molecule has 1 aromatic carbocycles.